The van der Waals surface area contributed by atoms with Crippen LogP contribution in [0.4, 0.5) is 0 Å². The lowest BCUT2D eigenvalue weighted by Crippen LogP contribution is -3.00. The van der Waals surface area contributed by atoms with Gasteiger partial charge in [0.2, 0.25) is 0 Å². The first-order valence-corrected chi connectivity index (χ1v) is 34.5. The Morgan fingerprint density at radius 2 is 0.857 bits per heavy atom. The molecule has 8 heteroatoms. The van der Waals surface area contributed by atoms with E-state index in [0.717, 1.165) is 0 Å². The van der Waals surface area contributed by atoms with Crippen molar-refractivity contribution in [2.75, 3.05) is 0 Å². The van der Waals surface area contributed by atoms with Gasteiger partial charge < -0.3 is 4.65 Å². The molecule has 1 fully saturated rings. The van der Waals surface area contributed by atoms with Gasteiger partial charge in [-0.15, -0.1) is 0 Å². The summed E-state index contributed by atoms with van der Waals surface area (Å²) in [6, 6.07) is 0. The highest BCUT2D eigenvalue weighted by Crippen LogP contribution is 2.46. The maximum absolute atomic E-state index is 4.44. The van der Waals surface area contributed by atoms with Crippen molar-refractivity contribution in [3.05, 3.63) is 0 Å². The zero-order chi connectivity index (χ0) is 17.3. The SMILES string of the molecule is C[Si](C)(C)N[Si]1[Si](C)(C)[Si](C)(C)[Si](C)(C)[Si](C)(C)[Si]1(C)C. The van der Waals surface area contributed by atoms with Crippen molar-refractivity contribution in [1.82, 2.24) is 4.65 Å². The molecule has 1 aliphatic rings. The second-order valence-corrected chi connectivity index (χ2v) is 82.9. The predicted molar refractivity (Wildman–Crippen MR) is 120 cm³/mol. The Labute approximate surface area is 141 Å². The van der Waals surface area contributed by atoms with Gasteiger partial charge in [0.1, 0.15) is 8.24 Å². The maximum atomic E-state index is 4.44. The third kappa shape index (κ3) is 2.75. The summed E-state index contributed by atoms with van der Waals surface area (Å²) in [6.45, 7) is 35.9. The number of hydrogen-bond donors (Lipinski definition) is 1. The molecule has 0 spiro atoms. The second-order valence-electron chi connectivity index (χ2n) is 10.9. The number of nitrogens with one attached hydrogen (secondary N) is 1. The van der Waals surface area contributed by atoms with Gasteiger partial charge in [0.05, 0.1) is 7.99 Å². The minimum Gasteiger partial charge on any atom is -0.365 e. The van der Waals surface area contributed by atoms with Crippen molar-refractivity contribution in [3.8, 4) is 0 Å². The van der Waals surface area contributed by atoms with Gasteiger partial charge in [-0.1, -0.05) is 85.1 Å². The van der Waals surface area contributed by atoms with Crippen molar-refractivity contribution in [1.29, 1.82) is 0 Å². The van der Waals surface area contributed by atoms with Crippen LogP contribution in [0.1, 0.15) is 0 Å². The average molecular weight is 407 g/mol. The predicted octanol–water partition coefficient (Wildman–Crippen LogP) is 4.43. The Hall–Kier alpha value is 1.48. The van der Waals surface area contributed by atoms with Crippen LogP contribution in [0.5, 0.6) is 0 Å². The molecule has 0 atom stereocenters. The van der Waals surface area contributed by atoms with Gasteiger partial charge in [0.25, 0.3) is 0 Å². The van der Waals surface area contributed by atoms with Gasteiger partial charge in [-0.05, 0) is 0 Å². The Kier molecular flexibility index (Phi) is 5.12. The van der Waals surface area contributed by atoms with Crippen molar-refractivity contribution in [3.63, 3.8) is 0 Å². The van der Waals surface area contributed by atoms with E-state index in [1.807, 2.05) is 0 Å². The zero-order valence-electron chi connectivity index (χ0n) is 17.0. The molecule has 21 heavy (non-hydrogen) atoms. The molecule has 0 aliphatic carbocycles. The molecule has 0 aromatic heterocycles. The lowest BCUT2D eigenvalue weighted by atomic mass is 11.8. The Morgan fingerprint density at radius 1 is 0.571 bits per heavy atom. The molecule has 0 unspecified atom stereocenters. The van der Waals surface area contributed by atoms with Crippen LogP contribution in [-0.2, 0) is 0 Å². The largest absolute Gasteiger partial charge is 0.365 e. The molecule has 1 N–H and O–H groups in total. The lowest BCUT2D eigenvalue weighted by Gasteiger charge is -2.69. The smallest absolute Gasteiger partial charge is 0.109 e. The zero-order valence-corrected chi connectivity index (χ0v) is 24.0. The molecule has 1 nitrogen and oxygen atoms in total. The van der Waals surface area contributed by atoms with Crippen molar-refractivity contribution in [2.24, 2.45) is 0 Å². The van der Waals surface area contributed by atoms with Crippen molar-refractivity contribution < 1.29 is 0 Å². The van der Waals surface area contributed by atoms with E-state index in [-0.39, 0.29) is 7.99 Å². The first-order chi connectivity index (χ1) is 8.84. The van der Waals surface area contributed by atoms with Crippen LogP contribution in [0.15, 0.2) is 0 Å². The minimum atomic E-state index is -1.17. The Balaban J connectivity index is 3.58. The summed E-state index contributed by atoms with van der Waals surface area (Å²) in [5, 5.41) is 0. The van der Waals surface area contributed by atoms with Gasteiger partial charge in [-0.25, -0.2) is 0 Å². The van der Waals surface area contributed by atoms with E-state index in [2.05, 4.69) is 89.8 Å². The summed E-state index contributed by atoms with van der Waals surface area (Å²) in [7, 11) is -6.79. The molecule has 1 radical (unpaired) electrons. The summed E-state index contributed by atoms with van der Waals surface area (Å²) < 4.78 is 4.44. The van der Waals surface area contributed by atoms with Crippen LogP contribution < -0.4 is 4.65 Å². The summed E-state index contributed by atoms with van der Waals surface area (Å²) in [5.41, 5.74) is 0. The summed E-state index contributed by atoms with van der Waals surface area (Å²) in [5.74, 6) is 0. The van der Waals surface area contributed by atoms with Crippen molar-refractivity contribution >= 4 is 51.8 Å². The first kappa shape index (κ1) is 20.5. The second kappa shape index (κ2) is 5.24. The quantitative estimate of drug-likeness (QED) is 0.669. The fraction of sp³-hybridized carbons (Fsp3) is 1.00. The van der Waals surface area contributed by atoms with Gasteiger partial charge in [0.15, 0.2) is 0 Å². The standard InChI is InChI=1S/C13H40NSi7/c1-16(2,3)14-15-17(4,5)19(8,9)21(12,13)20(10,11)18(15,6)7/h14H,1-13H3. The minimum absolute atomic E-state index is 0.293. The maximum Gasteiger partial charge on any atom is 0.109 e. The highest BCUT2D eigenvalue weighted by atomic mass is 30.2. The van der Waals surface area contributed by atoms with E-state index in [9.17, 15) is 0 Å². The lowest BCUT2D eigenvalue weighted by molar-refractivity contribution is 1.40. The summed E-state index contributed by atoms with van der Waals surface area (Å²) >= 11 is 0. The van der Waals surface area contributed by atoms with Crippen LogP contribution in [-0.4, -0.2) is 51.8 Å². The third-order valence-electron chi connectivity index (χ3n) is 8.00. The van der Waals surface area contributed by atoms with E-state index < -0.39 is 43.8 Å². The van der Waals surface area contributed by atoms with Crippen LogP contribution in [0.3, 0.4) is 0 Å². The Morgan fingerprint density at radius 3 is 1.10 bits per heavy atom. The average Bonchev–Trinajstić information content (AvgIpc) is 2.22. The molecule has 0 aromatic carbocycles. The highest BCUT2D eigenvalue weighted by Gasteiger charge is 2.73. The van der Waals surface area contributed by atoms with E-state index >= 15 is 0 Å². The van der Waals surface area contributed by atoms with Gasteiger partial charge in [-0.2, -0.15) is 0 Å². The summed E-state index contributed by atoms with van der Waals surface area (Å²) in [4.78, 5) is 0. The summed E-state index contributed by atoms with van der Waals surface area (Å²) in [6.07, 6.45) is 0. The van der Waals surface area contributed by atoms with Gasteiger partial charge in [-0.3, -0.25) is 0 Å². The van der Waals surface area contributed by atoms with E-state index in [1.165, 1.54) is 0 Å². The van der Waals surface area contributed by atoms with Crippen LogP contribution in [0.25, 0.3) is 0 Å². The molecule has 0 saturated carbocycles. The van der Waals surface area contributed by atoms with E-state index in [4.69, 9.17) is 0 Å². The Bertz CT molecular complexity index is 391. The topological polar surface area (TPSA) is 12.0 Å². The van der Waals surface area contributed by atoms with Crippen LogP contribution >= 0.6 is 0 Å². The number of rotatable bonds is 2. The third-order valence-corrected chi connectivity index (χ3v) is 148. The van der Waals surface area contributed by atoms with Crippen LogP contribution in [0, 0.1) is 0 Å². The fourth-order valence-corrected chi connectivity index (χ4v) is 235. The van der Waals surface area contributed by atoms with Crippen molar-refractivity contribution in [2.45, 2.75) is 85.1 Å². The highest BCUT2D eigenvalue weighted by molar-refractivity contribution is 8.10. The molecule has 1 rings (SSSR count). The monoisotopic (exact) mass is 406 g/mol. The molecular formula is C13H40NSi7. The van der Waals surface area contributed by atoms with E-state index in [1.54, 1.807) is 0 Å². The van der Waals surface area contributed by atoms with Crippen LogP contribution in [0.2, 0.25) is 85.1 Å². The molecule has 0 amide bonds. The van der Waals surface area contributed by atoms with E-state index in [0.29, 0.717) is 0 Å². The molecule has 1 heterocycles. The number of hydrogen-bond acceptors (Lipinski definition) is 1. The fourth-order valence-electron chi connectivity index (χ4n) is 4.44. The molecular weight excluding hydrogens is 367 g/mol. The van der Waals surface area contributed by atoms with Gasteiger partial charge in [0, 0.05) is 35.5 Å². The first-order valence-electron chi connectivity index (χ1n) is 8.50. The molecule has 0 bridgehead atoms. The normalized spacial score (nSPS) is 30.1. The molecule has 125 valence electrons. The molecule has 1 saturated heterocycles. The molecule has 0 aromatic rings. The van der Waals surface area contributed by atoms with Gasteiger partial charge >= 0.3 is 0 Å². The molecule has 1 aliphatic heterocycles.